The molecule has 0 saturated carbocycles. The van der Waals surface area contributed by atoms with Crippen LogP contribution < -0.4 is 10.1 Å². The zero-order valence-electron chi connectivity index (χ0n) is 16.1. The number of carbonyl (C=O) groups excluding carboxylic acids is 1. The van der Waals surface area contributed by atoms with Gasteiger partial charge < -0.3 is 19.5 Å². The Morgan fingerprint density at radius 1 is 1.37 bits per heavy atom. The van der Waals surface area contributed by atoms with Crippen molar-refractivity contribution in [1.82, 2.24) is 15.4 Å². The number of hydrogen-bond donors (Lipinski definition) is 1. The number of benzene rings is 1. The van der Waals surface area contributed by atoms with Crippen LogP contribution in [0.1, 0.15) is 60.3 Å². The second kappa shape index (κ2) is 7.35. The van der Waals surface area contributed by atoms with Crippen molar-refractivity contribution in [3.05, 3.63) is 47.3 Å². The molecule has 1 N–H and O–H groups in total. The third kappa shape index (κ3) is 3.34. The van der Waals surface area contributed by atoms with E-state index in [2.05, 4.69) is 22.6 Å². The number of aromatic nitrogens is 1. The Bertz CT molecular complexity index is 817. The molecule has 0 aliphatic carbocycles. The summed E-state index contributed by atoms with van der Waals surface area (Å²) in [6.45, 7) is 5.75. The van der Waals surface area contributed by atoms with Crippen molar-refractivity contribution >= 4 is 5.91 Å². The molecule has 0 unspecified atom stereocenters. The molecule has 27 heavy (non-hydrogen) atoms. The number of hydrogen-bond acceptors (Lipinski definition) is 5. The molecule has 3 heterocycles. The topological polar surface area (TPSA) is 67.6 Å². The third-order valence-electron chi connectivity index (χ3n) is 5.81. The third-order valence-corrected chi connectivity index (χ3v) is 5.81. The molecule has 3 atom stereocenters. The standard InChI is InChI=1S/C21H27N3O3/c1-13(2)17-11-19(27-23-17)21(25)24-12-16(20-18(24)8-5-9-22-20)14-6-4-7-15(10-14)26-3/h4,6-7,10-11,13,16,18,20,22H,5,8-9,12H2,1-3H3/t16-,18-,20-/m1/s1. The smallest absolute Gasteiger partial charge is 0.292 e. The summed E-state index contributed by atoms with van der Waals surface area (Å²) in [7, 11) is 1.68. The lowest BCUT2D eigenvalue weighted by atomic mass is 9.87. The van der Waals surface area contributed by atoms with Crippen LogP contribution in [0.3, 0.4) is 0 Å². The zero-order valence-corrected chi connectivity index (χ0v) is 16.1. The molecular formula is C21H27N3O3. The largest absolute Gasteiger partial charge is 0.497 e. The summed E-state index contributed by atoms with van der Waals surface area (Å²) in [5.74, 6) is 1.61. The molecule has 2 saturated heterocycles. The molecule has 1 amide bonds. The molecule has 0 bridgehead atoms. The molecule has 2 aliphatic heterocycles. The van der Waals surface area contributed by atoms with Crippen molar-refractivity contribution < 1.29 is 14.1 Å². The van der Waals surface area contributed by atoms with E-state index in [4.69, 9.17) is 9.26 Å². The monoisotopic (exact) mass is 369 g/mol. The Labute approximate surface area is 159 Å². The van der Waals surface area contributed by atoms with Gasteiger partial charge in [-0.1, -0.05) is 31.1 Å². The Hall–Kier alpha value is -2.34. The van der Waals surface area contributed by atoms with Crippen LogP contribution in [0.15, 0.2) is 34.9 Å². The number of likely N-dealkylation sites (tertiary alicyclic amines) is 1. The van der Waals surface area contributed by atoms with Crippen LogP contribution in [0, 0.1) is 0 Å². The first-order chi connectivity index (χ1) is 13.1. The summed E-state index contributed by atoms with van der Waals surface area (Å²) in [5, 5.41) is 7.70. The molecule has 0 spiro atoms. The van der Waals surface area contributed by atoms with Gasteiger partial charge in [-0.15, -0.1) is 0 Å². The maximum absolute atomic E-state index is 13.2. The Balaban J connectivity index is 1.62. The number of methoxy groups -OCH3 is 1. The van der Waals surface area contributed by atoms with E-state index >= 15 is 0 Å². The van der Waals surface area contributed by atoms with E-state index in [1.54, 1.807) is 13.2 Å². The fourth-order valence-electron chi connectivity index (χ4n) is 4.34. The number of carbonyl (C=O) groups is 1. The number of ether oxygens (including phenoxy) is 1. The lowest BCUT2D eigenvalue weighted by Gasteiger charge is -2.33. The van der Waals surface area contributed by atoms with Gasteiger partial charge in [-0.3, -0.25) is 4.79 Å². The molecule has 2 aromatic rings. The van der Waals surface area contributed by atoms with Crippen LogP contribution in [0.5, 0.6) is 5.75 Å². The maximum Gasteiger partial charge on any atom is 0.292 e. The number of nitrogens with one attached hydrogen (secondary N) is 1. The van der Waals surface area contributed by atoms with Crippen molar-refractivity contribution in [2.45, 2.75) is 50.6 Å². The fourth-order valence-corrected chi connectivity index (χ4v) is 4.34. The highest BCUT2D eigenvalue weighted by Gasteiger charge is 2.46. The summed E-state index contributed by atoms with van der Waals surface area (Å²) in [6.07, 6.45) is 2.08. The van der Waals surface area contributed by atoms with Gasteiger partial charge in [-0.2, -0.15) is 0 Å². The summed E-state index contributed by atoms with van der Waals surface area (Å²) in [4.78, 5) is 15.2. The van der Waals surface area contributed by atoms with Gasteiger partial charge in [0.1, 0.15) is 5.75 Å². The molecule has 2 fully saturated rings. The van der Waals surface area contributed by atoms with E-state index in [0.717, 1.165) is 30.8 Å². The van der Waals surface area contributed by atoms with E-state index in [1.807, 2.05) is 30.9 Å². The predicted molar refractivity (Wildman–Crippen MR) is 102 cm³/mol. The Morgan fingerprint density at radius 2 is 2.22 bits per heavy atom. The number of piperidine rings is 1. The van der Waals surface area contributed by atoms with Crippen LogP contribution in [0.2, 0.25) is 0 Å². The van der Waals surface area contributed by atoms with Gasteiger partial charge in [0, 0.05) is 30.6 Å². The molecule has 0 radical (unpaired) electrons. The molecule has 1 aromatic carbocycles. The van der Waals surface area contributed by atoms with Crippen LogP contribution in [0.25, 0.3) is 0 Å². The van der Waals surface area contributed by atoms with Gasteiger partial charge in [0.25, 0.3) is 5.91 Å². The number of nitrogens with zero attached hydrogens (tertiary/aromatic N) is 2. The van der Waals surface area contributed by atoms with Gasteiger partial charge in [0.05, 0.1) is 12.8 Å². The number of fused-ring (bicyclic) bond motifs is 1. The minimum atomic E-state index is -0.0569. The van der Waals surface area contributed by atoms with Crippen LogP contribution >= 0.6 is 0 Å². The summed E-state index contributed by atoms with van der Waals surface area (Å²) >= 11 is 0. The predicted octanol–water partition coefficient (Wildman–Crippen LogP) is 3.17. The molecular weight excluding hydrogens is 342 g/mol. The summed E-state index contributed by atoms with van der Waals surface area (Å²) < 4.78 is 10.8. The van der Waals surface area contributed by atoms with Crippen molar-refractivity contribution in [3.8, 4) is 5.75 Å². The second-order valence-electron chi connectivity index (χ2n) is 7.80. The van der Waals surface area contributed by atoms with Crippen molar-refractivity contribution in [2.24, 2.45) is 0 Å². The first kappa shape index (κ1) is 18.0. The molecule has 6 nitrogen and oxygen atoms in total. The number of amides is 1. The lowest BCUT2D eigenvalue weighted by molar-refractivity contribution is 0.0663. The summed E-state index contributed by atoms with van der Waals surface area (Å²) in [5.41, 5.74) is 2.02. The van der Waals surface area contributed by atoms with Gasteiger partial charge in [0.2, 0.25) is 5.76 Å². The van der Waals surface area contributed by atoms with Crippen LogP contribution in [-0.4, -0.2) is 48.2 Å². The van der Waals surface area contributed by atoms with Crippen LogP contribution in [0.4, 0.5) is 0 Å². The highest BCUT2D eigenvalue weighted by Crippen LogP contribution is 2.38. The van der Waals surface area contributed by atoms with E-state index in [-0.39, 0.29) is 29.8 Å². The lowest BCUT2D eigenvalue weighted by Crippen LogP contribution is -2.49. The van der Waals surface area contributed by atoms with Gasteiger partial charge in [-0.25, -0.2) is 0 Å². The molecule has 4 rings (SSSR count). The highest BCUT2D eigenvalue weighted by atomic mass is 16.5. The quantitative estimate of drug-likeness (QED) is 0.897. The van der Waals surface area contributed by atoms with Gasteiger partial charge in [0.15, 0.2) is 0 Å². The fraction of sp³-hybridized carbons (Fsp3) is 0.524. The van der Waals surface area contributed by atoms with E-state index < -0.39 is 0 Å². The van der Waals surface area contributed by atoms with E-state index in [0.29, 0.717) is 12.3 Å². The average molecular weight is 369 g/mol. The van der Waals surface area contributed by atoms with E-state index in [9.17, 15) is 4.79 Å². The molecule has 6 heteroatoms. The van der Waals surface area contributed by atoms with E-state index in [1.165, 1.54) is 5.56 Å². The molecule has 2 aliphatic rings. The minimum absolute atomic E-state index is 0.0569. The first-order valence-corrected chi connectivity index (χ1v) is 9.73. The SMILES string of the molecule is COc1cccc([C@H]2CN(C(=O)c3cc(C(C)C)no3)[C@@H]3CCCN[C@H]23)c1. The van der Waals surface area contributed by atoms with Gasteiger partial charge >= 0.3 is 0 Å². The van der Waals surface area contributed by atoms with Crippen molar-refractivity contribution in [1.29, 1.82) is 0 Å². The second-order valence-corrected chi connectivity index (χ2v) is 7.80. The Morgan fingerprint density at radius 3 is 2.96 bits per heavy atom. The normalized spacial score (nSPS) is 24.9. The van der Waals surface area contributed by atoms with Crippen molar-refractivity contribution in [2.75, 3.05) is 20.2 Å². The Kier molecular flexibility index (Phi) is 4.91. The number of rotatable bonds is 4. The summed E-state index contributed by atoms with van der Waals surface area (Å²) in [6, 6.07) is 10.4. The average Bonchev–Trinajstić information content (AvgIpc) is 3.33. The molecule has 1 aromatic heterocycles. The zero-order chi connectivity index (χ0) is 19.0. The maximum atomic E-state index is 13.2. The molecule has 144 valence electrons. The van der Waals surface area contributed by atoms with Gasteiger partial charge in [-0.05, 0) is 43.0 Å². The highest BCUT2D eigenvalue weighted by molar-refractivity contribution is 5.92. The first-order valence-electron chi connectivity index (χ1n) is 9.73. The van der Waals surface area contributed by atoms with Crippen molar-refractivity contribution in [3.63, 3.8) is 0 Å². The van der Waals surface area contributed by atoms with Crippen LogP contribution in [-0.2, 0) is 0 Å². The minimum Gasteiger partial charge on any atom is -0.497 e.